The van der Waals surface area contributed by atoms with Gasteiger partial charge in [-0.05, 0) is 41.5 Å². The molecule has 0 atom stereocenters. The fourth-order valence-electron chi connectivity index (χ4n) is 2.27. The monoisotopic (exact) mass is 341 g/mol. The summed E-state index contributed by atoms with van der Waals surface area (Å²) in [4.78, 5) is 12.3. The first-order valence-corrected chi connectivity index (χ1v) is 7.80. The second-order valence-electron chi connectivity index (χ2n) is 5.06. The van der Waals surface area contributed by atoms with Gasteiger partial charge in [0.25, 0.3) is 5.91 Å². The molecule has 114 valence electrons. The summed E-state index contributed by atoms with van der Waals surface area (Å²) < 4.78 is 0. The van der Waals surface area contributed by atoms with E-state index in [2.05, 4.69) is 5.32 Å². The maximum atomic E-state index is 12.3. The SMILES string of the molecule is O=C(Nc1cc(Cl)cc(Cl)c1)c1ccc(-c2ccccc2)cc1. The van der Waals surface area contributed by atoms with Crippen LogP contribution in [0.25, 0.3) is 11.1 Å². The third-order valence-electron chi connectivity index (χ3n) is 3.37. The smallest absolute Gasteiger partial charge is 0.255 e. The number of anilines is 1. The molecule has 0 spiro atoms. The van der Waals surface area contributed by atoms with Crippen LogP contribution in [-0.2, 0) is 0 Å². The molecular formula is C19H13Cl2NO. The Labute approximate surface area is 144 Å². The maximum Gasteiger partial charge on any atom is 0.255 e. The van der Waals surface area contributed by atoms with E-state index in [9.17, 15) is 4.79 Å². The number of carbonyl (C=O) groups excluding carboxylic acids is 1. The van der Waals surface area contributed by atoms with Gasteiger partial charge in [0.15, 0.2) is 0 Å². The fourth-order valence-corrected chi connectivity index (χ4v) is 2.80. The maximum absolute atomic E-state index is 12.3. The molecule has 4 heteroatoms. The van der Waals surface area contributed by atoms with Crippen molar-refractivity contribution in [3.8, 4) is 11.1 Å². The highest BCUT2D eigenvalue weighted by Crippen LogP contribution is 2.23. The molecule has 0 radical (unpaired) electrons. The van der Waals surface area contributed by atoms with Crippen molar-refractivity contribution in [1.29, 1.82) is 0 Å². The molecule has 0 fully saturated rings. The van der Waals surface area contributed by atoms with Crippen LogP contribution in [0, 0.1) is 0 Å². The second kappa shape index (κ2) is 6.86. The minimum Gasteiger partial charge on any atom is -0.322 e. The first-order valence-electron chi connectivity index (χ1n) is 7.05. The van der Waals surface area contributed by atoms with E-state index in [0.29, 0.717) is 21.3 Å². The van der Waals surface area contributed by atoms with Gasteiger partial charge < -0.3 is 5.32 Å². The van der Waals surface area contributed by atoms with Crippen LogP contribution in [0.4, 0.5) is 5.69 Å². The number of hydrogen-bond donors (Lipinski definition) is 1. The molecule has 1 amide bonds. The predicted molar refractivity (Wildman–Crippen MR) is 96.3 cm³/mol. The standard InChI is InChI=1S/C19H13Cl2NO/c20-16-10-17(21)12-18(11-16)22-19(23)15-8-6-14(7-9-15)13-4-2-1-3-5-13/h1-12H,(H,22,23). The van der Waals surface area contributed by atoms with Gasteiger partial charge in [0, 0.05) is 21.3 Å². The topological polar surface area (TPSA) is 29.1 Å². The molecule has 0 aliphatic heterocycles. The number of halogens is 2. The van der Waals surface area contributed by atoms with Gasteiger partial charge in [0.2, 0.25) is 0 Å². The highest BCUT2D eigenvalue weighted by atomic mass is 35.5. The van der Waals surface area contributed by atoms with Crippen LogP contribution >= 0.6 is 23.2 Å². The number of carbonyl (C=O) groups is 1. The van der Waals surface area contributed by atoms with E-state index in [4.69, 9.17) is 23.2 Å². The van der Waals surface area contributed by atoms with E-state index >= 15 is 0 Å². The first kappa shape index (κ1) is 15.6. The first-order chi connectivity index (χ1) is 11.1. The lowest BCUT2D eigenvalue weighted by atomic mass is 10.0. The Hall–Kier alpha value is -2.29. The quantitative estimate of drug-likeness (QED) is 0.630. The van der Waals surface area contributed by atoms with E-state index in [-0.39, 0.29) is 5.91 Å². The molecule has 0 aromatic heterocycles. The number of rotatable bonds is 3. The summed E-state index contributed by atoms with van der Waals surface area (Å²) in [7, 11) is 0. The Morgan fingerprint density at radius 2 is 1.30 bits per heavy atom. The van der Waals surface area contributed by atoms with Gasteiger partial charge in [0.05, 0.1) is 0 Å². The molecule has 3 aromatic rings. The molecule has 2 nitrogen and oxygen atoms in total. The van der Waals surface area contributed by atoms with Gasteiger partial charge in [-0.2, -0.15) is 0 Å². The van der Waals surface area contributed by atoms with Crippen LogP contribution in [0.2, 0.25) is 10.0 Å². The van der Waals surface area contributed by atoms with Gasteiger partial charge in [-0.25, -0.2) is 0 Å². The molecule has 0 heterocycles. The van der Waals surface area contributed by atoms with E-state index in [1.807, 2.05) is 42.5 Å². The number of nitrogens with one attached hydrogen (secondary N) is 1. The predicted octanol–water partition coefficient (Wildman–Crippen LogP) is 5.91. The molecule has 3 rings (SSSR count). The van der Waals surface area contributed by atoms with Crippen molar-refractivity contribution in [3.05, 3.63) is 88.4 Å². The lowest BCUT2D eigenvalue weighted by molar-refractivity contribution is 0.102. The largest absolute Gasteiger partial charge is 0.322 e. The van der Waals surface area contributed by atoms with Crippen molar-refractivity contribution in [3.63, 3.8) is 0 Å². The van der Waals surface area contributed by atoms with Crippen LogP contribution in [0.1, 0.15) is 10.4 Å². The number of amides is 1. The van der Waals surface area contributed by atoms with Crippen molar-refractivity contribution in [2.24, 2.45) is 0 Å². The van der Waals surface area contributed by atoms with Crippen molar-refractivity contribution >= 4 is 34.8 Å². The van der Waals surface area contributed by atoms with E-state index in [1.54, 1.807) is 30.3 Å². The van der Waals surface area contributed by atoms with Crippen molar-refractivity contribution < 1.29 is 4.79 Å². The average molecular weight is 342 g/mol. The van der Waals surface area contributed by atoms with E-state index in [1.165, 1.54) is 0 Å². The third-order valence-corrected chi connectivity index (χ3v) is 3.81. The molecule has 0 unspecified atom stereocenters. The Morgan fingerprint density at radius 1 is 0.739 bits per heavy atom. The van der Waals surface area contributed by atoms with Crippen molar-refractivity contribution in [1.82, 2.24) is 0 Å². The number of hydrogen-bond acceptors (Lipinski definition) is 1. The summed E-state index contributed by atoms with van der Waals surface area (Å²) in [6, 6.07) is 22.4. The molecule has 1 N–H and O–H groups in total. The fraction of sp³-hybridized carbons (Fsp3) is 0. The second-order valence-corrected chi connectivity index (χ2v) is 5.93. The van der Waals surface area contributed by atoms with Crippen LogP contribution in [0.15, 0.2) is 72.8 Å². The summed E-state index contributed by atoms with van der Waals surface area (Å²) in [5.74, 6) is -0.206. The lowest BCUT2D eigenvalue weighted by Gasteiger charge is -2.07. The molecule has 0 aliphatic carbocycles. The molecule has 3 aromatic carbocycles. The molecular weight excluding hydrogens is 329 g/mol. The highest BCUT2D eigenvalue weighted by molar-refractivity contribution is 6.35. The molecule has 0 saturated heterocycles. The van der Waals surface area contributed by atoms with Crippen LogP contribution < -0.4 is 5.32 Å². The van der Waals surface area contributed by atoms with Crippen molar-refractivity contribution in [2.45, 2.75) is 0 Å². The average Bonchev–Trinajstić information content (AvgIpc) is 2.55. The van der Waals surface area contributed by atoms with Crippen LogP contribution in [0.3, 0.4) is 0 Å². The van der Waals surface area contributed by atoms with Gasteiger partial charge in [0.1, 0.15) is 0 Å². The lowest BCUT2D eigenvalue weighted by Crippen LogP contribution is -2.11. The van der Waals surface area contributed by atoms with Gasteiger partial charge in [-0.15, -0.1) is 0 Å². The van der Waals surface area contributed by atoms with Crippen molar-refractivity contribution in [2.75, 3.05) is 5.32 Å². The Balaban J connectivity index is 1.78. The van der Waals surface area contributed by atoms with Gasteiger partial charge >= 0.3 is 0 Å². The Bertz CT molecular complexity index is 809. The zero-order chi connectivity index (χ0) is 16.2. The van der Waals surface area contributed by atoms with Gasteiger partial charge in [-0.3, -0.25) is 4.79 Å². The summed E-state index contributed by atoms with van der Waals surface area (Å²) in [6.07, 6.45) is 0. The molecule has 23 heavy (non-hydrogen) atoms. The van der Waals surface area contributed by atoms with E-state index in [0.717, 1.165) is 11.1 Å². The van der Waals surface area contributed by atoms with Crippen LogP contribution in [-0.4, -0.2) is 5.91 Å². The summed E-state index contributed by atoms with van der Waals surface area (Å²) >= 11 is 11.9. The third kappa shape index (κ3) is 3.92. The molecule has 0 saturated carbocycles. The zero-order valence-electron chi connectivity index (χ0n) is 12.1. The molecule has 0 aliphatic rings. The van der Waals surface area contributed by atoms with Crippen LogP contribution in [0.5, 0.6) is 0 Å². The highest BCUT2D eigenvalue weighted by Gasteiger charge is 2.08. The minimum atomic E-state index is -0.206. The van der Waals surface area contributed by atoms with Gasteiger partial charge in [-0.1, -0.05) is 65.7 Å². The Kier molecular flexibility index (Phi) is 4.65. The number of benzene rings is 3. The summed E-state index contributed by atoms with van der Waals surface area (Å²) in [6.45, 7) is 0. The molecule has 0 bridgehead atoms. The normalized spacial score (nSPS) is 10.3. The zero-order valence-corrected chi connectivity index (χ0v) is 13.6. The Morgan fingerprint density at radius 3 is 1.91 bits per heavy atom. The minimum absolute atomic E-state index is 0.206. The summed E-state index contributed by atoms with van der Waals surface area (Å²) in [5, 5.41) is 3.75. The summed E-state index contributed by atoms with van der Waals surface area (Å²) in [5.41, 5.74) is 3.31. The van der Waals surface area contributed by atoms with E-state index < -0.39 is 0 Å².